The van der Waals surface area contributed by atoms with Crippen molar-refractivity contribution in [3.63, 3.8) is 0 Å². The fourth-order valence-corrected chi connectivity index (χ4v) is 7.47. The van der Waals surface area contributed by atoms with Gasteiger partial charge >= 0.3 is 0 Å². The van der Waals surface area contributed by atoms with Crippen LogP contribution < -0.4 is 10.1 Å². The maximum Gasteiger partial charge on any atom is 0.252 e. The number of methoxy groups -OCH3 is 1. The van der Waals surface area contributed by atoms with E-state index in [0.29, 0.717) is 17.4 Å². The van der Waals surface area contributed by atoms with Crippen molar-refractivity contribution in [1.29, 1.82) is 0 Å². The van der Waals surface area contributed by atoms with Gasteiger partial charge < -0.3 is 19.2 Å². The van der Waals surface area contributed by atoms with Crippen LogP contribution in [0.4, 0.5) is 0 Å². The fraction of sp³-hybridized carbons (Fsp3) is 0.351. The van der Waals surface area contributed by atoms with Gasteiger partial charge in [0.2, 0.25) is 5.88 Å². The molecular weight excluding hydrogens is 562 g/mol. The highest BCUT2D eigenvalue weighted by Crippen LogP contribution is 2.46. The van der Waals surface area contributed by atoms with E-state index >= 15 is 0 Å². The van der Waals surface area contributed by atoms with Gasteiger partial charge in [-0.15, -0.1) is 0 Å². The molecule has 0 saturated heterocycles. The molecule has 1 amide bonds. The van der Waals surface area contributed by atoms with Crippen LogP contribution in [0.15, 0.2) is 60.8 Å². The van der Waals surface area contributed by atoms with Gasteiger partial charge in [-0.1, -0.05) is 31.1 Å². The molecule has 1 N–H and O–H groups in total. The van der Waals surface area contributed by atoms with E-state index in [1.165, 1.54) is 23.8 Å². The van der Waals surface area contributed by atoms with Crippen LogP contribution in [0.2, 0.25) is 0 Å². The SMILES string of the molecule is COc1ncccc1-c1c(C2CCCC2)c2ccc(C(=O)NC3(c4nc5ccc(/C=C/C(C)=O)cc5n4C)CCC3)cc2n1C. The number of rotatable bonds is 8. The third kappa shape index (κ3) is 4.93. The van der Waals surface area contributed by atoms with Crippen molar-refractivity contribution in [2.24, 2.45) is 14.1 Å². The Kier molecular flexibility index (Phi) is 7.30. The summed E-state index contributed by atoms with van der Waals surface area (Å²) < 4.78 is 9.99. The zero-order valence-corrected chi connectivity index (χ0v) is 26.4. The van der Waals surface area contributed by atoms with Gasteiger partial charge in [0.05, 0.1) is 34.9 Å². The lowest BCUT2D eigenvalue weighted by atomic mass is 9.75. The topological polar surface area (TPSA) is 91.0 Å². The van der Waals surface area contributed by atoms with Gasteiger partial charge in [-0.05, 0) is 98.5 Å². The second-order valence-corrected chi connectivity index (χ2v) is 12.7. The van der Waals surface area contributed by atoms with Gasteiger partial charge in [0.25, 0.3) is 5.91 Å². The lowest BCUT2D eigenvalue weighted by molar-refractivity contribution is -0.112. The number of nitrogens with one attached hydrogen (secondary N) is 1. The van der Waals surface area contributed by atoms with Gasteiger partial charge in [0, 0.05) is 36.8 Å². The number of hydrogen-bond acceptors (Lipinski definition) is 5. The summed E-state index contributed by atoms with van der Waals surface area (Å²) in [5, 5.41) is 4.59. The van der Waals surface area contributed by atoms with Gasteiger partial charge in [0.15, 0.2) is 5.78 Å². The minimum absolute atomic E-state index is 0.00763. The largest absolute Gasteiger partial charge is 0.481 e. The molecule has 45 heavy (non-hydrogen) atoms. The van der Waals surface area contributed by atoms with Crippen molar-refractivity contribution >= 4 is 39.7 Å². The Morgan fingerprint density at radius 2 is 1.80 bits per heavy atom. The molecule has 5 aromatic rings. The molecule has 0 bridgehead atoms. The summed E-state index contributed by atoms with van der Waals surface area (Å²) in [4.78, 5) is 35.0. The first-order valence-electron chi connectivity index (χ1n) is 15.9. The van der Waals surface area contributed by atoms with Crippen molar-refractivity contribution in [3.05, 3.63) is 83.3 Å². The molecule has 2 aliphatic carbocycles. The first-order valence-corrected chi connectivity index (χ1v) is 15.9. The molecule has 0 unspecified atom stereocenters. The Bertz CT molecular complexity index is 1990. The third-order valence-electron chi connectivity index (χ3n) is 9.89. The van der Waals surface area contributed by atoms with Crippen LogP contribution in [-0.2, 0) is 24.4 Å². The molecule has 2 fully saturated rings. The van der Waals surface area contributed by atoms with Crippen molar-refractivity contribution in [2.75, 3.05) is 7.11 Å². The van der Waals surface area contributed by atoms with Gasteiger partial charge in [-0.25, -0.2) is 9.97 Å². The number of imidazole rings is 1. The number of aryl methyl sites for hydroxylation is 2. The van der Waals surface area contributed by atoms with E-state index in [2.05, 4.69) is 38.6 Å². The summed E-state index contributed by atoms with van der Waals surface area (Å²) in [5.74, 6) is 1.84. The van der Waals surface area contributed by atoms with E-state index in [-0.39, 0.29) is 11.7 Å². The van der Waals surface area contributed by atoms with Crippen LogP contribution in [0.5, 0.6) is 5.88 Å². The standard InChI is InChI=1S/C37H39N5O3/c1-23(43)12-13-24-14-17-29-31(21-24)42(3)36(39-29)37(18-8-19-37)40-34(44)26-15-16-27-30(22-26)41(2)33(32(27)25-9-5-6-10-25)28-11-7-20-38-35(28)45-4/h7,11-17,20-22,25H,5-6,8-10,18-19H2,1-4H3,(H,40,44)/b13-12+. The Morgan fingerprint density at radius 3 is 2.51 bits per heavy atom. The fourth-order valence-electron chi connectivity index (χ4n) is 7.47. The quantitative estimate of drug-likeness (QED) is 0.190. The lowest BCUT2D eigenvalue weighted by Gasteiger charge is -2.41. The number of hydrogen-bond donors (Lipinski definition) is 1. The second-order valence-electron chi connectivity index (χ2n) is 12.7. The number of carbonyl (C=O) groups is 2. The number of allylic oxidation sites excluding steroid dienone is 1. The number of aromatic nitrogens is 4. The number of pyridine rings is 1. The molecule has 0 spiro atoms. The smallest absolute Gasteiger partial charge is 0.252 e. The molecule has 230 valence electrons. The van der Waals surface area contributed by atoms with E-state index in [1.807, 2.05) is 49.5 Å². The molecule has 0 aliphatic heterocycles. The van der Waals surface area contributed by atoms with Crippen LogP contribution in [0.1, 0.15) is 85.1 Å². The number of ether oxygens (including phenoxy) is 1. The van der Waals surface area contributed by atoms with Crippen molar-refractivity contribution in [3.8, 4) is 17.1 Å². The number of nitrogens with zero attached hydrogens (tertiary/aromatic N) is 4. The highest BCUT2D eigenvalue weighted by molar-refractivity contribution is 6.01. The monoisotopic (exact) mass is 601 g/mol. The highest BCUT2D eigenvalue weighted by Gasteiger charge is 2.44. The van der Waals surface area contributed by atoms with E-state index in [0.717, 1.165) is 71.3 Å². The summed E-state index contributed by atoms with van der Waals surface area (Å²) in [6.45, 7) is 1.54. The van der Waals surface area contributed by atoms with Crippen LogP contribution in [0.3, 0.4) is 0 Å². The number of ketones is 1. The number of fused-ring (bicyclic) bond motifs is 2. The molecule has 2 aliphatic rings. The minimum Gasteiger partial charge on any atom is -0.481 e. The molecule has 7 rings (SSSR count). The maximum atomic E-state index is 14.0. The second kappa shape index (κ2) is 11.3. The molecule has 8 heteroatoms. The average molecular weight is 602 g/mol. The van der Waals surface area contributed by atoms with E-state index in [9.17, 15) is 9.59 Å². The Balaban J connectivity index is 1.26. The Labute approximate surface area is 263 Å². The average Bonchev–Trinajstić information content (AvgIpc) is 3.74. The zero-order chi connectivity index (χ0) is 31.3. The first-order chi connectivity index (χ1) is 21.8. The number of amides is 1. The molecule has 2 saturated carbocycles. The molecule has 3 heterocycles. The molecule has 0 atom stereocenters. The first kappa shape index (κ1) is 29.0. The Morgan fingerprint density at radius 1 is 1.00 bits per heavy atom. The zero-order valence-electron chi connectivity index (χ0n) is 26.4. The minimum atomic E-state index is -0.535. The van der Waals surface area contributed by atoms with Gasteiger partial charge in [-0.2, -0.15) is 0 Å². The van der Waals surface area contributed by atoms with Crippen LogP contribution >= 0.6 is 0 Å². The predicted octanol–water partition coefficient (Wildman–Crippen LogP) is 7.20. The predicted molar refractivity (Wildman–Crippen MR) is 177 cm³/mol. The van der Waals surface area contributed by atoms with Gasteiger partial charge in [0.1, 0.15) is 5.82 Å². The van der Waals surface area contributed by atoms with Crippen molar-refractivity contribution in [1.82, 2.24) is 24.4 Å². The van der Waals surface area contributed by atoms with Crippen LogP contribution in [-0.4, -0.2) is 37.9 Å². The summed E-state index contributed by atoms with van der Waals surface area (Å²) in [7, 11) is 5.75. The van der Waals surface area contributed by atoms with Crippen LogP contribution in [0.25, 0.3) is 39.3 Å². The van der Waals surface area contributed by atoms with E-state index in [1.54, 1.807) is 26.3 Å². The lowest BCUT2D eigenvalue weighted by Crippen LogP contribution is -2.52. The van der Waals surface area contributed by atoms with Gasteiger partial charge in [-0.3, -0.25) is 9.59 Å². The summed E-state index contributed by atoms with van der Waals surface area (Å²) in [6.07, 6.45) is 12.6. The molecule has 3 aromatic heterocycles. The Hall–Kier alpha value is -4.72. The van der Waals surface area contributed by atoms with Crippen molar-refractivity contribution < 1.29 is 14.3 Å². The van der Waals surface area contributed by atoms with Crippen LogP contribution in [0, 0.1) is 0 Å². The normalized spacial score (nSPS) is 16.4. The number of benzene rings is 2. The molecular formula is C37H39N5O3. The summed E-state index contributed by atoms with van der Waals surface area (Å²) in [6, 6.07) is 16.1. The number of carbonyl (C=O) groups excluding carboxylic acids is 2. The molecule has 8 nitrogen and oxygen atoms in total. The highest BCUT2D eigenvalue weighted by atomic mass is 16.5. The maximum absolute atomic E-state index is 14.0. The van der Waals surface area contributed by atoms with E-state index < -0.39 is 5.54 Å². The van der Waals surface area contributed by atoms with E-state index in [4.69, 9.17) is 9.72 Å². The molecule has 0 radical (unpaired) electrons. The van der Waals surface area contributed by atoms with Crippen molar-refractivity contribution in [2.45, 2.75) is 63.3 Å². The summed E-state index contributed by atoms with van der Waals surface area (Å²) >= 11 is 0. The molecule has 2 aromatic carbocycles. The summed E-state index contributed by atoms with van der Waals surface area (Å²) in [5.41, 5.74) is 7.33. The third-order valence-corrected chi connectivity index (χ3v) is 9.89.